The van der Waals surface area contributed by atoms with Gasteiger partial charge in [-0.3, -0.25) is 9.59 Å². The summed E-state index contributed by atoms with van der Waals surface area (Å²) in [5, 5.41) is 4.74. The van der Waals surface area contributed by atoms with Gasteiger partial charge in [0.15, 0.2) is 0 Å². The maximum absolute atomic E-state index is 11.8. The van der Waals surface area contributed by atoms with E-state index < -0.39 is 0 Å². The number of thiophene rings is 1. The summed E-state index contributed by atoms with van der Waals surface area (Å²) in [6.07, 6.45) is 1.50. The molecule has 2 N–H and O–H groups in total. The van der Waals surface area contributed by atoms with Gasteiger partial charge in [0.1, 0.15) is 5.56 Å². The largest absolute Gasteiger partial charge is 0.345 e. The van der Waals surface area contributed by atoms with Crippen molar-refractivity contribution in [1.29, 1.82) is 0 Å². The maximum atomic E-state index is 11.8. The first kappa shape index (κ1) is 11.6. The Morgan fingerprint density at radius 3 is 2.88 bits per heavy atom. The molecule has 0 saturated heterocycles. The van der Waals surface area contributed by atoms with Gasteiger partial charge in [0, 0.05) is 11.1 Å². The molecule has 4 nitrogen and oxygen atoms in total. The van der Waals surface area contributed by atoms with Crippen molar-refractivity contribution in [3.63, 3.8) is 0 Å². The molecule has 0 aliphatic carbocycles. The van der Waals surface area contributed by atoms with Crippen LogP contribution in [0.2, 0.25) is 0 Å². The molecule has 0 radical (unpaired) electrons. The third-order valence-electron chi connectivity index (χ3n) is 2.38. The molecule has 0 aliphatic rings. The highest BCUT2D eigenvalue weighted by Crippen LogP contribution is 2.18. The zero-order valence-electron chi connectivity index (χ0n) is 9.27. The number of amides is 1. The smallest absolute Gasteiger partial charge is 0.260 e. The Hall–Kier alpha value is -1.88. The first-order valence-corrected chi connectivity index (χ1v) is 6.08. The molecule has 17 heavy (non-hydrogen) atoms. The molecule has 2 heterocycles. The van der Waals surface area contributed by atoms with E-state index in [2.05, 4.69) is 10.3 Å². The number of rotatable bonds is 3. The molecule has 2 rings (SSSR count). The second-order valence-electron chi connectivity index (χ2n) is 3.62. The topological polar surface area (TPSA) is 62.0 Å². The summed E-state index contributed by atoms with van der Waals surface area (Å²) >= 11 is 1.57. The van der Waals surface area contributed by atoms with E-state index in [4.69, 9.17) is 0 Å². The highest BCUT2D eigenvalue weighted by Gasteiger charge is 2.14. The predicted octanol–water partition coefficient (Wildman–Crippen LogP) is 1.93. The lowest BCUT2D eigenvalue weighted by Crippen LogP contribution is -2.31. The minimum Gasteiger partial charge on any atom is -0.345 e. The van der Waals surface area contributed by atoms with Crippen molar-refractivity contribution in [3.05, 3.63) is 56.6 Å². The molecule has 0 spiro atoms. The first-order chi connectivity index (χ1) is 8.18. The number of H-pyrrole nitrogens is 1. The van der Waals surface area contributed by atoms with Crippen LogP contribution in [0.3, 0.4) is 0 Å². The van der Waals surface area contributed by atoms with Crippen LogP contribution in [0, 0.1) is 0 Å². The molecule has 2 aromatic heterocycles. The van der Waals surface area contributed by atoms with E-state index in [9.17, 15) is 9.59 Å². The molecule has 2 aromatic rings. The third kappa shape index (κ3) is 2.62. The van der Waals surface area contributed by atoms with Crippen molar-refractivity contribution in [3.8, 4) is 0 Å². The van der Waals surface area contributed by atoms with Crippen molar-refractivity contribution < 1.29 is 4.79 Å². The van der Waals surface area contributed by atoms with Gasteiger partial charge in [-0.05, 0) is 30.5 Å². The molecule has 0 aliphatic heterocycles. The summed E-state index contributed by atoms with van der Waals surface area (Å²) < 4.78 is 0. The highest BCUT2D eigenvalue weighted by atomic mass is 32.1. The highest BCUT2D eigenvalue weighted by molar-refractivity contribution is 7.10. The Balaban J connectivity index is 2.13. The quantitative estimate of drug-likeness (QED) is 0.871. The lowest BCUT2D eigenvalue weighted by atomic mass is 10.2. The molecule has 0 bridgehead atoms. The van der Waals surface area contributed by atoms with E-state index in [1.165, 1.54) is 12.3 Å². The SMILES string of the molecule is C[C@H](NC(=O)c1ccc[nH]c1=O)c1cccs1. The fourth-order valence-corrected chi connectivity index (χ4v) is 2.22. The van der Waals surface area contributed by atoms with Gasteiger partial charge in [-0.15, -0.1) is 11.3 Å². The fourth-order valence-electron chi connectivity index (χ4n) is 1.48. The normalized spacial score (nSPS) is 12.1. The van der Waals surface area contributed by atoms with Crippen LogP contribution in [0.15, 0.2) is 40.6 Å². The van der Waals surface area contributed by atoms with Crippen LogP contribution in [0.1, 0.15) is 28.2 Å². The molecule has 1 atom stereocenters. The second kappa shape index (κ2) is 4.97. The number of aromatic amines is 1. The molecule has 0 unspecified atom stereocenters. The zero-order valence-corrected chi connectivity index (χ0v) is 10.1. The van der Waals surface area contributed by atoms with Crippen molar-refractivity contribution in [2.45, 2.75) is 13.0 Å². The third-order valence-corrected chi connectivity index (χ3v) is 3.44. The number of carbonyl (C=O) groups is 1. The van der Waals surface area contributed by atoms with Crippen LogP contribution in [0.25, 0.3) is 0 Å². The predicted molar refractivity (Wildman–Crippen MR) is 67.3 cm³/mol. The van der Waals surface area contributed by atoms with Crippen molar-refractivity contribution in [1.82, 2.24) is 10.3 Å². The van der Waals surface area contributed by atoms with Gasteiger partial charge < -0.3 is 10.3 Å². The molecule has 1 amide bonds. The molecule has 5 heteroatoms. The van der Waals surface area contributed by atoms with E-state index in [0.29, 0.717) is 0 Å². The molecule has 88 valence electrons. The summed E-state index contributed by atoms with van der Waals surface area (Å²) in [6.45, 7) is 1.89. The van der Waals surface area contributed by atoms with Crippen LogP contribution in [-0.2, 0) is 0 Å². The van der Waals surface area contributed by atoms with Gasteiger partial charge in [0.05, 0.1) is 6.04 Å². The van der Waals surface area contributed by atoms with Crippen molar-refractivity contribution in [2.75, 3.05) is 0 Å². The Morgan fingerprint density at radius 1 is 1.41 bits per heavy atom. The summed E-state index contributed by atoms with van der Waals surface area (Å²) in [6, 6.07) is 6.92. The van der Waals surface area contributed by atoms with Gasteiger partial charge in [-0.1, -0.05) is 6.07 Å². The van der Waals surface area contributed by atoms with Crippen LogP contribution < -0.4 is 10.9 Å². The summed E-state index contributed by atoms with van der Waals surface area (Å²) in [4.78, 5) is 26.8. The van der Waals surface area contributed by atoms with Crippen LogP contribution >= 0.6 is 11.3 Å². The van der Waals surface area contributed by atoms with E-state index in [0.717, 1.165) is 4.88 Å². The fraction of sp³-hybridized carbons (Fsp3) is 0.167. The van der Waals surface area contributed by atoms with Gasteiger partial charge in [-0.25, -0.2) is 0 Å². The Bertz CT molecular complexity index is 560. The molecule has 0 saturated carbocycles. The maximum Gasteiger partial charge on any atom is 0.260 e. The zero-order chi connectivity index (χ0) is 12.3. The summed E-state index contributed by atoms with van der Waals surface area (Å²) in [5.74, 6) is -0.354. The van der Waals surface area contributed by atoms with E-state index in [1.54, 1.807) is 17.4 Å². The number of aromatic nitrogens is 1. The molecular formula is C12H12N2O2S. The van der Waals surface area contributed by atoms with E-state index >= 15 is 0 Å². The standard InChI is InChI=1S/C12H12N2O2S/c1-8(10-5-3-7-17-10)14-12(16)9-4-2-6-13-11(9)15/h2-8H,1H3,(H,13,15)(H,14,16)/t8-/m0/s1. The number of nitrogens with one attached hydrogen (secondary N) is 2. The molecule has 0 fully saturated rings. The van der Waals surface area contributed by atoms with Crippen LogP contribution in [0.4, 0.5) is 0 Å². The lowest BCUT2D eigenvalue weighted by Gasteiger charge is -2.11. The summed E-state index contributed by atoms with van der Waals surface area (Å²) in [7, 11) is 0. The number of pyridine rings is 1. The average Bonchev–Trinajstić information content (AvgIpc) is 2.82. The number of hydrogen-bond donors (Lipinski definition) is 2. The van der Waals surface area contributed by atoms with Gasteiger partial charge >= 0.3 is 0 Å². The Kier molecular flexibility index (Phi) is 3.39. The summed E-state index contributed by atoms with van der Waals surface area (Å²) in [5.41, 5.74) is -0.237. The second-order valence-corrected chi connectivity index (χ2v) is 4.60. The molecule has 0 aromatic carbocycles. The first-order valence-electron chi connectivity index (χ1n) is 5.20. The van der Waals surface area contributed by atoms with Crippen molar-refractivity contribution in [2.24, 2.45) is 0 Å². The van der Waals surface area contributed by atoms with Gasteiger partial charge in [0.25, 0.3) is 11.5 Å². The minimum atomic E-state index is -0.372. The molecular weight excluding hydrogens is 236 g/mol. The lowest BCUT2D eigenvalue weighted by molar-refractivity contribution is 0.0939. The monoisotopic (exact) mass is 248 g/mol. The Labute approximate surface area is 102 Å². The Morgan fingerprint density at radius 2 is 2.24 bits per heavy atom. The van der Waals surface area contributed by atoms with E-state index in [-0.39, 0.29) is 23.1 Å². The van der Waals surface area contributed by atoms with Crippen LogP contribution in [-0.4, -0.2) is 10.9 Å². The van der Waals surface area contributed by atoms with E-state index in [1.807, 2.05) is 24.4 Å². The number of hydrogen-bond acceptors (Lipinski definition) is 3. The van der Waals surface area contributed by atoms with Crippen molar-refractivity contribution >= 4 is 17.2 Å². The van der Waals surface area contributed by atoms with Gasteiger partial charge in [-0.2, -0.15) is 0 Å². The minimum absolute atomic E-state index is 0.0953. The van der Waals surface area contributed by atoms with Crippen LogP contribution in [0.5, 0.6) is 0 Å². The average molecular weight is 248 g/mol. The number of carbonyl (C=O) groups excluding carboxylic acids is 1. The van der Waals surface area contributed by atoms with Gasteiger partial charge in [0.2, 0.25) is 0 Å².